The van der Waals surface area contributed by atoms with E-state index in [1.54, 1.807) is 6.92 Å². The van der Waals surface area contributed by atoms with Gasteiger partial charge in [-0.25, -0.2) is 8.42 Å². The first-order valence-corrected chi connectivity index (χ1v) is 6.63. The summed E-state index contributed by atoms with van der Waals surface area (Å²) in [6.07, 6.45) is 1.07. The Morgan fingerprint density at radius 3 is 2.50 bits per heavy atom. The van der Waals surface area contributed by atoms with Gasteiger partial charge in [-0.15, -0.1) is 0 Å². The summed E-state index contributed by atoms with van der Waals surface area (Å²) in [5, 5.41) is 2.60. The number of nitrogens with one attached hydrogen (secondary N) is 1. The zero-order valence-corrected chi connectivity index (χ0v) is 9.97. The Morgan fingerprint density at radius 1 is 1.44 bits per heavy atom. The van der Waals surface area contributed by atoms with E-state index < -0.39 is 9.84 Å². The number of carbonyl (C=O) groups excluding carboxylic acids is 1. The summed E-state index contributed by atoms with van der Waals surface area (Å²) in [6, 6.07) is 4.15. The van der Waals surface area contributed by atoms with E-state index in [1.165, 1.54) is 18.2 Å². The van der Waals surface area contributed by atoms with Gasteiger partial charge in [0.05, 0.1) is 10.6 Å². The summed E-state index contributed by atoms with van der Waals surface area (Å²) in [7, 11) is -3.34. The van der Waals surface area contributed by atoms with Gasteiger partial charge in [-0.1, -0.05) is 0 Å². The van der Waals surface area contributed by atoms with Gasteiger partial charge in [-0.2, -0.15) is 0 Å². The van der Waals surface area contributed by atoms with Crippen LogP contribution in [0.2, 0.25) is 0 Å². The van der Waals surface area contributed by atoms with Crippen molar-refractivity contribution in [2.24, 2.45) is 0 Å². The van der Waals surface area contributed by atoms with Gasteiger partial charge in [0.1, 0.15) is 0 Å². The van der Waals surface area contributed by atoms with E-state index >= 15 is 0 Å². The van der Waals surface area contributed by atoms with Crippen molar-refractivity contribution >= 4 is 21.4 Å². The molecule has 0 bridgehead atoms. The molecule has 3 N–H and O–H groups in total. The highest BCUT2D eigenvalue weighted by molar-refractivity contribution is 7.90. The van der Waals surface area contributed by atoms with Crippen molar-refractivity contribution in [1.82, 2.24) is 5.32 Å². The number of rotatable bonds is 3. The SMILES string of the molecule is CCNC(=O)c1ccc(S(C)(=O)=O)c(N)c1. The van der Waals surface area contributed by atoms with Crippen LogP contribution in [0.1, 0.15) is 17.3 Å². The maximum Gasteiger partial charge on any atom is 0.251 e. The van der Waals surface area contributed by atoms with Crippen LogP contribution in [-0.4, -0.2) is 27.1 Å². The predicted octanol–water partition coefficient (Wildman–Crippen LogP) is 0.422. The number of nitrogen functional groups attached to an aromatic ring is 1. The summed E-state index contributed by atoms with van der Waals surface area (Å²) >= 11 is 0. The monoisotopic (exact) mass is 242 g/mol. The van der Waals surface area contributed by atoms with E-state index in [1.807, 2.05) is 0 Å². The molecule has 0 fully saturated rings. The molecule has 88 valence electrons. The van der Waals surface area contributed by atoms with Crippen LogP contribution in [0.3, 0.4) is 0 Å². The minimum atomic E-state index is -3.34. The van der Waals surface area contributed by atoms with E-state index in [-0.39, 0.29) is 16.5 Å². The lowest BCUT2D eigenvalue weighted by Crippen LogP contribution is -2.22. The topological polar surface area (TPSA) is 89.3 Å². The number of hydrogen-bond acceptors (Lipinski definition) is 4. The molecule has 0 atom stereocenters. The summed E-state index contributed by atoms with van der Waals surface area (Å²) in [4.78, 5) is 11.5. The molecule has 0 radical (unpaired) electrons. The second-order valence-electron chi connectivity index (χ2n) is 3.38. The zero-order chi connectivity index (χ0) is 12.3. The fourth-order valence-corrected chi connectivity index (χ4v) is 2.09. The summed E-state index contributed by atoms with van der Waals surface area (Å²) < 4.78 is 22.6. The maximum absolute atomic E-state index is 11.4. The lowest BCUT2D eigenvalue weighted by molar-refractivity contribution is 0.0956. The first kappa shape index (κ1) is 12.5. The van der Waals surface area contributed by atoms with Gasteiger partial charge in [-0.3, -0.25) is 4.79 Å². The number of nitrogens with two attached hydrogens (primary N) is 1. The molecule has 6 heteroatoms. The summed E-state index contributed by atoms with van der Waals surface area (Å²) in [5.41, 5.74) is 6.02. The average Bonchev–Trinajstić information content (AvgIpc) is 2.16. The number of sulfone groups is 1. The second kappa shape index (κ2) is 4.52. The Labute approximate surface area is 94.6 Å². The molecule has 1 aromatic carbocycles. The molecule has 16 heavy (non-hydrogen) atoms. The van der Waals surface area contributed by atoms with E-state index in [2.05, 4.69) is 5.32 Å². The van der Waals surface area contributed by atoms with Crippen molar-refractivity contribution in [3.8, 4) is 0 Å². The van der Waals surface area contributed by atoms with Gasteiger partial charge < -0.3 is 11.1 Å². The molecule has 1 amide bonds. The molecule has 1 aromatic rings. The normalized spacial score (nSPS) is 11.1. The largest absolute Gasteiger partial charge is 0.398 e. The van der Waals surface area contributed by atoms with Gasteiger partial charge >= 0.3 is 0 Å². The van der Waals surface area contributed by atoms with Crippen LogP contribution in [0.15, 0.2) is 23.1 Å². The van der Waals surface area contributed by atoms with Gasteiger partial charge in [0.15, 0.2) is 9.84 Å². The van der Waals surface area contributed by atoms with Crippen molar-refractivity contribution in [2.45, 2.75) is 11.8 Å². The van der Waals surface area contributed by atoms with Crippen LogP contribution in [0.25, 0.3) is 0 Å². The van der Waals surface area contributed by atoms with Crippen LogP contribution >= 0.6 is 0 Å². The Bertz CT molecular complexity index is 509. The smallest absolute Gasteiger partial charge is 0.251 e. The van der Waals surface area contributed by atoms with Gasteiger partial charge in [0.2, 0.25) is 0 Å². The Morgan fingerprint density at radius 2 is 2.06 bits per heavy atom. The number of anilines is 1. The van der Waals surface area contributed by atoms with Crippen LogP contribution in [0, 0.1) is 0 Å². The van der Waals surface area contributed by atoms with Crippen molar-refractivity contribution in [2.75, 3.05) is 18.5 Å². The number of amides is 1. The van der Waals surface area contributed by atoms with Gasteiger partial charge in [0.25, 0.3) is 5.91 Å². The minimum absolute atomic E-state index is 0.0422. The third kappa shape index (κ3) is 2.73. The Kier molecular flexibility index (Phi) is 3.54. The third-order valence-electron chi connectivity index (χ3n) is 2.01. The molecule has 5 nitrogen and oxygen atoms in total. The van der Waals surface area contributed by atoms with E-state index in [4.69, 9.17) is 5.73 Å². The quantitative estimate of drug-likeness (QED) is 0.752. The third-order valence-corrected chi connectivity index (χ3v) is 3.18. The molecular formula is C10H14N2O3S. The summed E-state index contributed by atoms with van der Waals surface area (Å²) in [6.45, 7) is 2.30. The van der Waals surface area contributed by atoms with E-state index in [9.17, 15) is 13.2 Å². The molecular weight excluding hydrogens is 228 g/mol. The molecule has 0 aromatic heterocycles. The molecule has 1 rings (SSSR count). The van der Waals surface area contributed by atoms with Crippen LogP contribution in [0.5, 0.6) is 0 Å². The van der Waals surface area contributed by atoms with Gasteiger partial charge in [-0.05, 0) is 25.1 Å². The highest BCUT2D eigenvalue weighted by Gasteiger charge is 2.13. The molecule has 0 aliphatic rings. The number of carbonyl (C=O) groups is 1. The molecule has 0 saturated carbocycles. The number of hydrogen-bond donors (Lipinski definition) is 2. The van der Waals surface area contributed by atoms with Crippen molar-refractivity contribution < 1.29 is 13.2 Å². The highest BCUT2D eigenvalue weighted by atomic mass is 32.2. The molecule has 0 spiro atoms. The lowest BCUT2D eigenvalue weighted by Gasteiger charge is -2.06. The second-order valence-corrected chi connectivity index (χ2v) is 5.37. The highest BCUT2D eigenvalue weighted by Crippen LogP contribution is 2.19. The minimum Gasteiger partial charge on any atom is -0.398 e. The molecule has 0 saturated heterocycles. The van der Waals surface area contributed by atoms with Crippen molar-refractivity contribution in [1.29, 1.82) is 0 Å². The zero-order valence-electron chi connectivity index (χ0n) is 9.15. The first-order valence-electron chi connectivity index (χ1n) is 4.74. The first-order chi connectivity index (χ1) is 7.36. The molecule has 0 aliphatic carbocycles. The van der Waals surface area contributed by atoms with Crippen LogP contribution in [0.4, 0.5) is 5.69 Å². The average molecular weight is 242 g/mol. The molecule has 0 unspecified atom stereocenters. The summed E-state index contributed by atoms with van der Waals surface area (Å²) in [5.74, 6) is -0.269. The van der Waals surface area contributed by atoms with Crippen molar-refractivity contribution in [3.63, 3.8) is 0 Å². The maximum atomic E-state index is 11.4. The lowest BCUT2D eigenvalue weighted by atomic mass is 10.2. The molecule has 0 heterocycles. The van der Waals surface area contributed by atoms with E-state index in [0.717, 1.165) is 6.26 Å². The number of benzene rings is 1. The fraction of sp³-hybridized carbons (Fsp3) is 0.300. The van der Waals surface area contributed by atoms with Gasteiger partial charge in [0, 0.05) is 18.4 Å². The Hall–Kier alpha value is -1.56. The standard InChI is InChI=1S/C10H14N2O3S/c1-3-12-10(13)7-4-5-9(8(11)6-7)16(2,14)15/h4-6H,3,11H2,1-2H3,(H,12,13). The van der Waals surface area contributed by atoms with Crippen LogP contribution in [-0.2, 0) is 9.84 Å². The van der Waals surface area contributed by atoms with E-state index in [0.29, 0.717) is 12.1 Å². The molecule has 0 aliphatic heterocycles. The fourth-order valence-electron chi connectivity index (χ4n) is 1.29. The van der Waals surface area contributed by atoms with Crippen LogP contribution < -0.4 is 11.1 Å². The predicted molar refractivity (Wildman–Crippen MR) is 62.0 cm³/mol. The van der Waals surface area contributed by atoms with Crippen molar-refractivity contribution in [3.05, 3.63) is 23.8 Å². The Balaban J connectivity index is 3.14.